The summed E-state index contributed by atoms with van der Waals surface area (Å²) in [5.74, 6) is 0.379. The topological polar surface area (TPSA) is 60.2 Å². The van der Waals surface area contributed by atoms with Crippen molar-refractivity contribution in [2.24, 2.45) is 5.92 Å². The first-order valence-electron chi connectivity index (χ1n) is 13.2. The van der Waals surface area contributed by atoms with Gasteiger partial charge in [0.05, 0.1) is 19.0 Å². The quantitative estimate of drug-likeness (QED) is 0.239. The van der Waals surface area contributed by atoms with Gasteiger partial charge in [-0.25, -0.2) is 14.4 Å². The maximum absolute atomic E-state index is 14.4. The van der Waals surface area contributed by atoms with Crippen LogP contribution >= 0.6 is 0 Å². The smallest absolute Gasteiger partial charge is 0.434 e. The Labute approximate surface area is 228 Å². The van der Waals surface area contributed by atoms with Gasteiger partial charge in [0.25, 0.3) is 0 Å². The number of carbonyl (C=O) groups excluding carboxylic acids is 1. The largest absolute Gasteiger partial charge is 0.481 e. The molecule has 0 bridgehead atoms. The van der Waals surface area contributed by atoms with E-state index in [2.05, 4.69) is 28.8 Å². The fourth-order valence-corrected chi connectivity index (χ4v) is 4.44. The molecule has 4 rings (SSSR count). The van der Waals surface area contributed by atoms with Crippen LogP contribution in [0.5, 0.6) is 5.88 Å². The summed E-state index contributed by atoms with van der Waals surface area (Å²) in [7, 11) is 3.58. The molecule has 1 atom stereocenters. The average Bonchev–Trinajstić information content (AvgIpc) is 3.32. The second-order valence-electron chi connectivity index (χ2n) is 9.24. The molecule has 10 heteroatoms. The highest BCUT2D eigenvalue weighted by molar-refractivity contribution is 5.77. The van der Waals surface area contributed by atoms with E-state index in [0.29, 0.717) is 12.0 Å². The van der Waals surface area contributed by atoms with Gasteiger partial charge >= 0.3 is 6.18 Å². The molecule has 6 nitrogen and oxygen atoms in total. The average molecular weight is 551 g/mol. The molecule has 0 amide bonds. The van der Waals surface area contributed by atoms with Crippen molar-refractivity contribution in [3.63, 3.8) is 0 Å². The van der Waals surface area contributed by atoms with Gasteiger partial charge in [-0.3, -0.25) is 9.36 Å². The Morgan fingerprint density at radius 3 is 2.36 bits per heavy atom. The zero-order valence-corrected chi connectivity index (χ0v) is 23.5. The van der Waals surface area contributed by atoms with E-state index in [1.54, 1.807) is 0 Å². The van der Waals surface area contributed by atoms with Gasteiger partial charge in [-0.05, 0) is 56.5 Å². The summed E-state index contributed by atoms with van der Waals surface area (Å²) in [5.41, 5.74) is -1.48. The molecule has 0 aliphatic carbocycles. The molecule has 2 aromatic heterocycles. The monoisotopic (exact) mass is 550 g/mol. The Morgan fingerprint density at radius 2 is 1.90 bits per heavy atom. The number of alkyl halides is 3. The number of aryl methyl sites for hydroxylation is 1. The Hall–Kier alpha value is -3.27. The summed E-state index contributed by atoms with van der Waals surface area (Å²) in [4.78, 5) is 21.5. The van der Waals surface area contributed by atoms with E-state index >= 15 is 0 Å². The lowest BCUT2D eigenvalue weighted by Crippen LogP contribution is -2.30. The molecule has 3 heterocycles. The van der Waals surface area contributed by atoms with Gasteiger partial charge in [-0.15, -0.1) is 0 Å². The number of aldehydes is 1. The van der Waals surface area contributed by atoms with Crippen molar-refractivity contribution in [3.8, 4) is 23.0 Å². The van der Waals surface area contributed by atoms with Crippen LogP contribution in [0, 0.1) is 11.7 Å². The van der Waals surface area contributed by atoms with Crippen LogP contribution in [-0.2, 0) is 12.6 Å². The molecule has 1 aromatic carbocycles. The third-order valence-electron chi connectivity index (χ3n) is 6.16. The van der Waals surface area contributed by atoms with Crippen molar-refractivity contribution in [1.82, 2.24) is 19.4 Å². The first-order chi connectivity index (χ1) is 18.6. The van der Waals surface area contributed by atoms with Crippen molar-refractivity contribution in [2.75, 3.05) is 27.2 Å². The van der Waals surface area contributed by atoms with E-state index < -0.39 is 23.4 Å². The zero-order chi connectivity index (χ0) is 29.2. The molecule has 0 spiro atoms. The van der Waals surface area contributed by atoms with Gasteiger partial charge in [0.2, 0.25) is 5.88 Å². The van der Waals surface area contributed by atoms with Crippen LogP contribution in [0.2, 0.25) is 0 Å². The van der Waals surface area contributed by atoms with E-state index in [9.17, 15) is 22.4 Å². The number of likely N-dealkylation sites (tertiary alicyclic amines) is 1. The fourth-order valence-electron chi connectivity index (χ4n) is 4.44. The fraction of sp³-hybridized carbons (Fsp3) is 0.483. The van der Waals surface area contributed by atoms with Crippen LogP contribution in [-0.4, -0.2) is 53.0 Å². The molecule has 3 aromatic rings. The van der Waals surface area contributed by atoms with E-state index in [4.69, 9.17) is 4.74 Å². The third kappa shape index (κ3) is 8.36. The predicted octanol–water partition coefficient (Wildman–Crippen LogP) is 7.24. The van der Waals surface area contributed by atoms with Crippen LogP contribution < -0.4 is 4.74 Å². The number of aromatic nitrogens is 3. The van der Waals surface area contributed by atoms with Crippen LogP contribution in [0.15, 0.2) is 36.5 Å². The normalized spacial score (nSPS) is 15.5. The lowest BCUT2D eigenvalue weighted by atomic mass is 10.0. The molecular formula is C29H38F4N4O2. The second kappa shape index (κ2) is 14.8. The number of halogens is 4. The molecule has 0 saturated carbocycles. The van der Waals surface area contributed by atoms with E-state index in [1.807, 2.05) is 20.8 Å². The lowest BCUT2D eigenvalue weighted by Gasteiger charge is -2.26. The minimum Gasteiger partial charge on any atom is -0.481 e. The molecule has 1 saturated heterocycles. The highest BCUT2D eigenvalue weighted by Gasteiger charge is 2.40. The molecule has 1 unspecified atom stereocenters. The first kappa shape index (κ1) is 31.9. The Bertz CT molecular complexity index is 1190. The molecule has 0 N–H and O–H groups in total. The standard InChI is InChI=1S/C20H17F4N3O2.C7H15N.C2H6/c1-3-4-12-5-6-13(9-15(12)21)19-26-16(11-28)18(20(22,23)24)27(19)14-7-8-17(29-2)25-10-14;1-7-4-3-5-8(2)6-7;1-2/h5-11H,3-4H2,1-2H3;7H,3-6H2,1-2H3;1-2H3. The SMILES string of the molecule is CC.CC1CCCN(C)C1.CCCc1ccc(-c2nc(C=O)c(C(F)(F)F)n2-c2ccc(OC)nc2)cc1F. The van der Waals surface area contributed by atoms with Crippen molar-refractivity contribution in [2.45, 2.75) is 59.6 Å². The van der Waals surface area contributed by atoms with Crippen molar-refractivity contribution >= 4 is 6.29 Å². The minimum atomic E-state index is -4.87. The molecule has 1 fully saturated rings. The van der Waals surface area contributed by atoms with E-state index in [0.717, 1.165) is 29.2 Å². The van der Waals surface area contributed by atoms with Gasteiger partial charge in [-0.1, -0.05) is 46.2 Å². The number of hydrogen-bond acceptors (Lipinski definition) is 5. The van der Waals surface area contributed by atoms with Gasteiger partial charge in [0.15, 0.2) is 12.0 Å². The summed E-state index contributed by atoms with van der Waals surface area (Å²) in [5, 5.41) is 0. The number of piperidine rings is 1. The summed E-state index contributed by atoms with van der Waals surface area (Å²) < 4.78 is 61.4. The number of rotatable bonds is 6. The number of imidazole rings is 1. The van der Waals surface area contributed by atoms with Crippen LogP contribution in [0.3, 0.4) is 0 Å². The summed E-state index contributed by atoms with van der Waals surface area (Å²) in [6.45, 7) is 10.8. The van der Waals surface area contributed by atoms with Gasteiger partial charge in [0, 0.05) is 18.2 Å². The van der Waals surface area contributed by atoms with Crippen molar-refractivity contribution in [1.29, 1.82) is 0 Å². The molecular weight excluding hydrogens is 512 g/mol. The first-order valence-corrected chi connectivity index (χ1v) is 13.2. The Morgan fingerprint density at radius 1 is 1.18 bits per heavy atom. The third-order valence-corrected chi connectivity index (χ3v) is 6.16. The minimum absolute atomic E-state index is 0.00627. The molecule has 214 valence electrons. The predicted molar refractivity (Wildman–Crippen MR) is 145 cm³/mol. The highest BCUT2D eigenvalue weighted by atomic mass is 19.4. The van der Waals surface area contributed by atoms with Crippen LogP contribution in [0.4, 0.5) is 17.6 Å². The number of benzene rings is 1. The number of carbonyl (C=O) groups is 1. The van der Waals surface area contributed by atoms with Crippen molar-refractivity contribution < 1.29 is 27.1 Å². The van der Waals surface area contributed by atoms with E-state index in [-0.39, 0.29) is 29.2 Å². The van der Waals surface area contributed by atoms with Gasteiger partial charge in [-0.2, -0.15) is 13.2 Å². The van der Waals surface area contributed by atoms with Crippen molar-refractivity contribution in [3.05, 3.63) is 59.3 Å². The Balaban J connectivity index is 0.000000451. The molecule has 1 aliphatic rings. The lowest BCUT2D eigenvalue weighted by molar-refractivity contribution is -0.142. The van der Waals surface area contributed by atoms with Gasteiger partial charge < -0.3 is 9.64 Å². The number of nitrogens with zero attached hydrogens (tertiary/aromatic N) is 4. The van der Waals surface area contributed by atoms with Gasteiger partial charge in [0.1, 0.15) is 17.3 Å². The number of methoxy groups -OCH3 is 1. The maximum atomic E-state index is 14.4. The summed E-state index contributed by atoms with van der Waals surface area (Å²) in [6.07, 6.45) is 0.369. The summed E-state index contributed by atoms with van der Waals surface area (Å²) >= 11 is 0. The number of ether oxygens (including phenoxy) is 1. The second-order valence-corrected chi connectivity index (χ2v) is 9.24. The zero-order valence-electron chi connectivity index (χ0n) is 23.5. The van der Waals surface area contributed by atoms with Crippen LogP contribution in [0.1, 0.15) is 68.7 Å². The maximum Gasteiger partial charge on any atom is 0.434 e. The molecule has 1 aliphatic heterocycles. The molecule has 0 radical (unpaired) electrons. The molecule has 39 heavy (non-hydrogen) atoms. The number of hydrogen-bond donors (Lipinski definition) is 0. The summed E-state index contributed by atoms with van der Waals surface area (Å²) in [6, 6.07) is 6.84. The number of pyridine rings is 1. The Kier molecular flexibility index (Phi) is 12.1. The van der Waals surface area contributed by atoms with Crippen LogP contribution in [0.25, 0.3) is 17.1 Å². The van der Waals surface area contributed by atoms with E-state index in [1.165, 1.54) is 57.3 Å². The highest BCUT2D eigenvalue weighted by Crippen LogP contribution is 2.37.